The van der Waals surface area contributed by atoms with E-state index in [0.717, 1.165) is 12.8 Å². The predicted octanol–water partition coefficient (Wildman–Crippen LogP) is 1.64. The Morgan fingerprint density at radius 2 is 2.20 bits per heavy atom. The number of nitro benzene ring substituents is 1. The summed E-state index contributed by atoms with van der Waals surface area (Å²) in [5.41, 5.74) is 6.02. The Kier molecular flexibility index (Phi) is 4.54. The van der Waals surface area contributed by atoms with Crippen LogP contribution in [0.4, 0.5) is 5.69 Å². The molecule has 8 heteroatoms. The highest BCUT2D eigenvalue weighted by atomic mass is 16.6. The number of nitro groups is 1. The Hall–Kier alpha value is -2.74. The van der Waals surface area contributed by atoms with Crippen LogP contribution in [0.25, 0.3) is 10.9 Å². The number of aromatic nitrogens is 1. The number of fused-ring (bicyclic) bond motifs is 1. The highest BCUT2D eigenvalue weighted by Gasteiger charge is 2.28. The molecule has 1 aliphatic heterocycles. The number of carbonyl (C=O) groups excluding carboxylic acids is 1. The van der Waals surface area contributed by atoms with Gasteiger partial charge >= 0.3 is 0 Å². The lowest BCUT2D eigenvalue weighted by Crippen LogP contribution is -2.45. The SMILES string of the molecule is CC(N)C1CCCN(C(=O)c2cc(=O)[nH]c3ccc([N+](=O)[O-])cc23)C1. The number of aromatic amines is 1. The molecule has 3 rings (SSSR count). The lowest BCUT2D eigenvalue weighted by Gasteiger charge is -2.34. The third-order valence-corrected chi connectivity index (χ3v) is 4.76. The maximum atomic E-state index is 13.0. The van der Waals surface area contributed by atoms with E-state index in [1.54, 1.807) is 4.90 Å². The molecule has 0 saturated carbocycles. The number of nitrogens with one attached hydrogen (secondary N) is 1. The van der Waals surface area contributed by atoms with E-state index in [2.05, 4.69) is 4.98 Å². The second-order valence-corrected chi connectivity index (χ2v) is 6.55. The minimum absolute atomic E-state index is 0.0207. The molecule has 0 bridgehead atoms. The molecule has 1 aromatic heterocycles. The minimum Gasteiger partial charge on any atom is -0.338 e. The highest BCUT2D eigenvalue weighted by molar-refractivity contribution is 6.06. The van der Waals surface area contributed by atoms with Gasteiger partial charge in [-0.05, 0) is 31.7 Å². The maximum absolute atomic E-state index is 13.0. The third-order valence-electron chi connectivity index (χ3n) is 4.76. The van der Waals surface area contributed by atoms with E-state index in [0.29, 0.717) is 24.0 Å². The fourth-order valence-electron chi connectivity index (χ4n) is 3.33. The highest BCUT2D eigenvalue weighted by Crippen LogP contribution is 2.25. The maximum Gasteiger partial charge on any atom is 0.270 e. The summed E-state index contributed by atoms with van der Waals surface area (Å²) in [5.74, 6) is -0.0813. The number of pyridine rings is 1. The second kappa shape index (κ2) is 6.64. The van der Waals surface area contributed by atoms with Gasteiger partial charge in [-0.15, -0.1) is 0 Å². The van der Waals surface area contributed by atoms with E-state index in [1.807, 2.05) is 6.92 Å². The molecular weight excluding hydrogens is 324 g/mol. The third kappa shape index (κ3) is 3.39. The standard InChI is InChI=1S/C17H20N4O4/c1-10(18)11-3-2-6-20(9-11)17(23)14-8-16(22)19-15-5-4-12(21(24)25)7-13(14)15/h4-5,7-8,10-11H,2-3,6,9,18H2,1H3,(H,19,22). The summed E-state index contributed by atoms with van der Waals surface area (Å²) < 4.78 is 0. The summed E-state index contributed by atoms with van der Waals surface area (Å²) in [6.07, 6.45) is 1.81. The zero-order valence-corrected chi connectivity index (χ0v) is 13.9. The van der Waals surface area contributed by atoms with Crippen LogP contribution in [0.1, 0.15) is 30.1 Å². The van der Waals surface area contributed by atoms with Crippen molar-refractivity contribution in [2.24, 2.45) is 11.7 Å². The molecule has 132 valence electrons. The number of amides is 1. The average Bonchev–Trinajstić information content (AvgIpc) is 2.59. The quantitative estimate of drug-likeness (QED) is 0.647. The van der Waals surface area contributed by atoms with Crippen LogP contribution in [0.2, 0.25) is 0 Å². The van der Waals surface area contributed by atoms with Gasteiger partial charge in [0.2, 0.25) is 5.56 Å². The van der Waals surface area contributed by atoms with Crippen LogP contribution in [-0.2, 0) is 0 Å². The molecule has 25 heavy (non-hydrogen) atoms. The monoisotopic (exact) mass is 344 g/mol. The smallest absolute Gasteiger partial charge is 0.270 e. The molecule has 0 radical (unpaired) electrons. The first-order valence-corrected chi connectivity index (χ1v) is 8.23. The van der Waals surface area contributed by atoms with Crippen molar-refractivity contribution in [2.45, 2.75) is 25.8 Å². The summed E-state index contributed by atoms with van der Waals surface area (Å²) >= 11 is 0. The molecule has 1 amide bonds. The average molecular weight is 344 g/mol. The largest absolute Gasteiger partial charge is 0.338 e. The van der Waals surface area contributed by atoms with Crippen LogP contribution in [0, 0.1) is 16.0 Å². The van der Waals surface area contributed by atoms with Gasteiger partial charge < -0.3 is 15.6 Å². The van der Waals surface area contributed by atoms with Gasteiger partial charge in [0.25, 0.3) is 11.6 Å². The summed E-state index contributed by atoms with van der Waals surface area (Å²) in [4.78, 5) is 39.7. The van der Waals surface area contributed by atoms with Crippen LogP contribution >= 0.6 is 0 Å². The molecule has 2 unspecified atom stereocenters. The molecular formula is C17H20N4O4. The molecule has 1 aliphatic rings. The molecule has 3 N–H and O–H groups in total. The molecule has 1 aromatic carbocycles. The van der Waals surface area contributed by atoms with Crippen molar-refractivity contribution >= 4 is 22.5 Å². The van der Waals surface area contributed by atoms with E-state index in [4.69, 9.17) is 5.73 Å². The van der Waals surface area contributed by atoms with Crippen molar-refractivity contribution < 1.29 is 9.72 Å². The normalized spacial score (nSPS) is 19.0. The number of nitrogens with zero attached hydrogens (tertiary/aromatic N) is 2. The van der Waals surface area contributed by atoms with Crippen LogP contribution in [0.3, 0.4) is 0 Å². The van der Waals surface area contributed by atoms with Gasteiger partial charge in [-0.1, -0.05) is 0 Å². The number of non-ortho nitro benzene ring substituents is 1. The minimum atomic E-state index is -0.522. The molecule has 2 atom stereocenters. The van der Waals surface area contributed by atoms with E-state index in [9.17, 15) is 19.7 Å². The zero-order valence-electron chi connectivity index (χ0n) is 13.9. The van der Waals surface area contributed by atoms with Crippen molar-refractivity contribution in [3.8, 4) is 0 Å². The van der Waals surface area contributed by atoms with Crippen LogP contribution < -0.4 is 11.3 Å². The first-order chi connectivity index (χ1) is 11.9. The van der Waals surface area contributed by atoms with Crippen molar-refractivity contribution in [3.63, 3.8) is 0 Å². The number of likely N-dealkylation sites (tertiary alicyclic amines) is 1. The Labute approximate surface area is 143 Å². The second-order valence-electron chi connectivity index (χ2n) is 6.55. The number of nitrogens with two attached hydrogens (primary N) is 1. The van der Waals surface area contributed by atoms with Crippen LogP contribution in [0.15, 0.2) is 29.1 Å². The lowest BCUT2D eigenvalue weighted by atomic mass is 9.91. The van der Waals surface area contributed by atoms with Crippen molar-refractivity contribution in [3.05, 3.63) is 50.3 Å². The Balaban J connectivity index is 2.04. The summed E-state index contributed by atoms with van der Waals surface area (Å²) in [7, 11) is 0. The van der Waals surface area contributed by atoms with Crippen molar-refractivity contribution in [2.75, 3.05) is 13.1 Å². The summed E-state index contributed by atoms with van der Waals surface area (Å²) in [6.45, 7) is 3.04. The summed E-state index contributed by atoms with van der Waals surface area (Å²) in [6, 6.07) is 5.27. The van der Waals surface area contributed by atoms with Crippen molar-refractivity contribution in [1.82, 2.24) is 9.88 Å². The number of rotatable bonds is 3. The molecule has 0 aliphatic carbocycles. The molecule has 2 heterocycles. The number of hydrogen-bond donors (Lipinski definition) is 2. The Bertz CT molecular complexity index is 890. The number of benzene rings is 1. The number of H-pyrrole nitrogens is 1. The van der Waals surface area contributed by atoms with Gasteiger partial charge in [0.1, 0.15) is 0 Å². The summed E-state index contributed by atoms with van der Waals surface area (Å²) in [5, 5.41) is 11.4. The topological polar surface area (TPSA) is 122 Å². The molecule has 1 fully saturated rings. The fourth-order valence-corrected chi connectivity index (χ4v) is 3.33. The van der Waals surface area contributed by atoms with Gasteiger partial charge in [0.15, 0.2) is 0 Å². The number of hydrogen-bond acceptors (Lipinski definition) is 5. The first kappa shape index (κ1) is 17.1. The fraction of sp³-hybridized carbons (Fsp3) is 0.412. The van der Waals surface area contributed by atoms with Gasteiger partial charge in [-0.25, -0.2) is 0 Å². The number of piperidine rings is 1. The Morgan fingerprint density at radius 1 is 1.44 bits per heavy atom. The van der Waals surface area contributed by atoms with E-state index in [-0.39, 0.29) is 29.1 Å². The van der Waals surface area contributed by atoms with E-state index < -0.39 is 10.5 Å². The number of carbonyl (C=O) groups is 1. The molecule has 8 nitrogen and oxygen atoms in total. The molecule has 1 saturated heterocycles. The van der Waals surface area contributed by atoms with E-state index in [1.165, 1.54) is 24.3 Å². The predicted molar refractivity (Wildman–Crippen MR) is 93.5 cm³/mol. The zero-order chi connectivity index (χ0) is 18.1. The van der Waals surface area contributed by atoms with Crippen molar-refractivity contribution in [1.29, 1.82) is 0 Å². The van der Waals surface area contributed by atoms with Crippen LogP contribution in [0.5, 0.6) is 0 Å². The first-order valence-electron chi connectivity index (χ1n) is 8.23. The lowest BCUT2D eigenvalue weighted by molar-refractivity contribution is -0.384. The Morgan fingerprint density at radius 3 is 2.88 bits per heavy atom. The van der Waals surface area contributed by atoms with Crippen LogP contribution in [-0.4, -0.2) is 39.8 Å². The van der Waals surface area contributed by atoms with Gasteiger partial charge in [-0.3, -0.25) is 19.7 Å². The van der Waals surface area contributed by atoms with Gasteiger partial charge in [0, 0.05) is 48.2 Å². The van der Waals surface area contributed by atoms with Gasteiger partial charge in [0.05, 0.1) is 10.5 Å². The molecule has 0 spiro atoms. The van der Waals surface area contributed by atoms with E-state index >= 15 is 0 Å². The van der Waals surface area contributed by atoms with Gasteiger partial charge in [-0.2, -0.15) is 0 Å². The molecule has 2 aromatic rings.